The number of likely N-dealkylation sites (N-methyl/N-ethyl adjacent to an activating group) is 1. The summed E-state index contributed by atoms with van der Waals surface area (Å²) in [5.41, 5.74) is 1.87. The van der Waals surface area contributed by atoms with Gasteiger partial charge in [-0.1, -0.05) is 12.1 Å². The van der Waals surface area contributed by atoms with E-state index >= 15 is 0 Å². The second-order valence-electron chi connectivity index (χ2n) is 6.40. The highest BCUT2D eigenvalue weighted by molar-refractivity contribution is 5.85. The number of alkyl halides is 3. The highest BCUT2D eigenvalue weighted by Crippen LogP contribution is 2.37. The Balaban J connectivity index is 1.97. The zero-order valence-corrected chi connectivity index (χ0v) is 15.7. The van der Waals surface area contributed by atoms with E-state index in [4.69, 9.17) is 4.74 Å². The van der Waals surface area contributed by atoms with Gasteiger partial charge in [0.05, 0.1) is 30.0 Å². The molecular weight excluding hydrogens is 371 g/mol. The fourth-order valence-corrected chi connectivity index (χ4v) is 2.91. The van der Waals surface area contributed by atoms with E-state index in [1.165, 1.54) is 13.2 Å². The van der Waals surface area contributed by atoms with E-state index in [1.54, 1.807) is 41.0 Å². The molecule has 1 heterocycles. The van der Waals surface area contributed by atoms with Gasteiger partial charge in [-0.15, -0.1) is 0 Å². The molecule has 3 aromatic rings. The van der Waals surface area contributed by atoms with E-state index < -0.39 is 11.7 Å². The highest BCUT2D eigenvalue weighted by Gasteiger charge is 2.31. The van der Waals surface area contributed by atoms with E-state index in [0.29, 0.717) is 23.2 Å². The van der Waals surface area contributed by atoms with Crippen LogP contribution in [0.3, 0.4) is 0 Å². The van der Waals surface area contributed by atoms with E-state index in [9.17, 15) is 18.0 Å². The second kappa shape index (κ2) is 7.53. The van der Waals surface area contributed by atoms with Gasteiger partial charge >= 0.3 is 6.18 Å². The Kier molecular flexibility index (Phi) is 5.31. The zero-order valence-electron chi connectivity index (χ0n) is 15.7. The number of rotatable bonds is 5. The van der Waals surface area contributed by atoms with Crippen LogP contribution in [0.5, 0.6) is 5.75 Å². The Morgan fingerprint density at radius 1 is 1.21 bits per heavy atom. The van der Waals surface area contributed by atoms with Crippen LogP contribution in [0, 0.1) is 0 Å². The van der Waals surface area contributed by atoms with Gasteiger partial charge in [0.15, 0.2) is 0 Å². The first kappa shape index (κ1) is 19.7. The normalized spacial score (nSPS) is 11.6. The van der Waals surface area contributed by atoms with Crippen LogP contribution < -0.4 is 4.74 Å². The average molecular weight is 391 g/mol. The summed E-state index contributed by atoms with van der Waals surface area (Å²) in [4.78, 5) is 18.1. The molecule has 0 unspecified atom stereocenters. The fourth-order valence-electron chi connectivity index (χ4n) is 2.91. The van der Waals surface area contributed by atoms with Crippen LogP contribution in [0.4, 0.5) is 13.2 Å². The molecule has 0 atom stereocenters. The van der Waals surface area contributed by atoms with Crippen molar-refractivity contribution in [2.24, 2.45) is 0 Å². The molecule has 0 N–H and O–H groups in total. The molecule has 5 nitrogen and oxygen atoms in total. The zero-order chi connectivity index (χ0) is 20.5. The summed E-state index contributed by atoms with van der Waals surface area (Å²) in [6.07, 6.45) is -2.85. The van der Waals surface area contributed by atoms with Gasteiger partial charge in [0, 0.05) is 19.2 Å². The molecule has 0 bridgehead atoms. The number of imidazole rings is 1. The number of amides is 1. The molecule has 0 aliphatic rings. The fraction of sp³-hybridized carbons (Fsp3) is 0.300. The monoisotopic (exact) mass is 391 g/mol. The quantitative estimate of drug-likeness (QED) is 0.655. The number of nitrogens with zero attached hydrogens (tertiary/aromatic N) is 3. The van der Waals surface area contributed by atoms with Crippen LogP contribution in [-0.2, 0) is 17.5 Å². The number of ether oxygens (including phenoxy) is 1. The summed E-state index contributed by atoms with van der Waals surface area (Å²) in [5.74, 6) is 0.101. The predicted molar refractivity (Wildman–Crippen MR) is 100 cm³/mol. The van der Waals surface area contributed by atoms with Gasteiger partial charge in [-0.2, -0.15) is 13.2 Å². The SMILES string of the molecule is CCN(C)C(=O)Cn1cnc2cc(-c3ccc(C(F)(F)F)cc3OC)ccc21. The van der Waals surface area contributed by atoms with Crippen molar-refractivity contribution in [3.63, 3.8) is 0 Å². The molecule has 28 heavy (non-hydrogen) atoms. The maximum absolute atomic E-state index is 12.9. The number of benzene rings is 2. The number of carbonyl (C=O) groups is 1. The lowest BCUT2D eigenvalue weighted by Crippen LogP contribution is -2.29. The van der Waals surface area contributed by atoms with Crippen molar-refractivity contribution in [3.05, 3.63) is 48.3 Å². The number of hydrogen-bond donors (Lipinski definition) is 0. The molecular formula is C20H20F3N3O2. The van der Waals surface area contributed by atoms with Gasteiger partial charge in [-0.25, -0.2) is 4.98 Å². The smallest absolute Gasteiger partial charge is 0.416 e. The van der Waals surface area contributed by atoms with E-state index in [0.717, 1.165) is 17.6 Å². The lowest BCUT2D eigenvalue weighted by atomic mass is 10.0. The number of aromatic nitrogens is 2. The molecule has 148 valence electrons. The minimum Gasteiger partial charge on any atom is -0.496 e. The van der Waals surface area contributed by atoms with E-state index in [-0.39, 0.29) is 18.2 Å². The first-order chi connectivity index (χ1) is 13.2. The van der Waals surface area contributed by atoms with E-state index in [2.05, 4.69) is 4.98 Å². The summed E-state index contributed by atoms with van der Waals surface area (Å²) in [7, 11) is 3.07. The third-order valence-corrected chi connectivity index (χ3v) is 4.67. The molecule has 8 heteroatoms. The Labute approximate surface area is 160 Å². The third-order valence-electron chi connectivity index (χ3n) is 4.67. The molecule has 0 aliphatic heterocycles. The molecule has 0 radical (unpaired) electrons. The van der Waals surface area contributed by atoms with Crippen LogP contribution >= 0.6 is 0 Å². The summed E-state index contributed by atoms with van der Waals surface area (Å²) in [6, 6.07) is 8.75. The topological polar surface area (TPSA) is 47.4 Å². The summed E-state index contributed by atoms with van der Waals surface area (Å²) < 4.78 is 45.7. The van der Waals surface area contributed by atoms with Crippen LogP contribution in [-0.4, -0.2) is 41.1 Å². The first-order valence-corrected chi connectivity index (χ1v) is 8.69. The van der Waals surface area contributed by atoms with Crippen LogP contribution in [0.1, 0.15) is 12.5 Å². The minimum absolute atomic E-state index is 0.0321. The van der Waals surface area contributed by atoms with Gasteiger partial charge in [-0.3, -0.25) is 4.79 Å². The maximum Gasteiger partial charge on any atom is 0.416 e. The Morgan fingerprint density at radius 2 is 1.96 bits per heavy atom. The molecule has 1 amide bonds. The molecule has 2 aromatic carbocycles. The number of methoxy groups -OCH3 is 1. The Hall–Kier alpha value is -3.03. The molecule has 0 fully saturated rings. The van der Waals surface area contributed by atoms with Crippen molar-refractivity contribution in [2.45, 2.75) is 19.6 Å². The van der Waals surface area contributed by atoms with Gasteiger partial charge in [-0.05, 0) is 36.8 Å². The average Bonchev–Trinajstić information content (AvgIpc) is 3.07. The largest absolute Gasteiger partial charge is 0.496 e. The second-order valence-corrected chi connectivity index (χ2v) is 6.40. The standard InChI is InChI=1S/C20H20F3N3O2/c1-4-25(2)19(27)11-26-12-24-16-9-13(5-8-17(16)26)15-7-6-14(20(21,22)23)10-18(15)28-3/h5-10,12H,4,11H2,1-3H3. The van der Waals surface area contributed by atoms with E-state index in [1.807, 2.05) is 6.92 Å². The minimum atomic E-state index is -4.44. The molecule has 0 saturated carbocycles. The number of carbonyl (C=O) groups excluding carboxylic acids is 1. The first-order valence-electron chi connectivity index (χ1n) is 8.69. The Bertz CT molecular complexity index is 1010. The van der Waals surface area contributed by atoms with Crippen molar-refractivity contribution in [2.75, 3.05) is 20.7 Å². The van der Waals surface area contributed by atoms with Crippen molar-refractivity contribution in [1.82, 2.24) is 14.5 Å². The molecule has 0 aliphatic carbocycles. The van der Waals surface area contributed by atoms with Crippen molar-refractivity contribution in [3.8, 4) is 16.9 Å². The van der Waals surface area contributed by atoms with Gasteiger partial charge in [0.1, 0.15) is 12.3 Å². The van der Waals surface area contributed by atoms with Crippen LogP contribution in [0.15, 0.2) is 42.7 Å². The van der Waals surface area contributed by atoms with Crippen molar-refractivity contribution < 1.29 is 22.7 Å². The number of halogens is 3. The van der Waals surface area contributed by atoms with Gasteiger partial charge in [0.2, 0.25) is 5.91 Å². The summed E-state index contributed by atoms with van der Waals surface area (Å²) in [6.45, 7) is 2.68. The molecule has 0 spiro atoms. The van der Waals surface area contributed by atoms with Crippen molar-refractivity contribution in [1.29, 1.82) is 0 Å². The third kappa shape index (κ3) is 3.81. The Morgan fingerprint density at radius 3 is 2.61 bits per heavy atom. The van der Waals surface area contributed by atoms with Crippen LogP contribution in [0.2, 0.25) is 0 Å². The molecule has 1 aromatic heterocycles. The summed E-state index contributed by atoms with van der Waals surface area (Å²) >= 11 is 0. The predicted octanol–water partition coefficient (Wildman–Crippen LogP) is 4.21. The van der Waals surface area contributed by atoms with Gasteiger partial charge < -0.3 is 14.2 Å². The molecule has 0 saturated heterocycles. The number of hydrogen-bond acceptors (Lipinski definition) is 3. The highest BCUT2D eigenvalue weighted by atomic mass is 19.4. The summed E-state index contributed by atoms with van der Waals surface area (Å²) in [5, 5.41) is 0. The van der Waals surface area contributed by atoms with Gasteiger partial charge in [0.25, 0.3) is 0 Å². The van der Waals surface area contributed by atoms with Crippen LogP contribution in [0.25, 0.3) is 22.2 Å². The lowest BCUT2D eigenvalue weighted by Gasteiger charge is -2.15. The maximum atomic E-state index is 12.9. The number of fused-ring (bicyclic) bond motifs is 1. The lowest BCUT2D eigenvalue weighted by molar-refractivity contribution is -0.137. The molecule has 3 rings (SSSR count). The van der Waals surface area contributed by atoms with Crippen molar-refractivity contribution >= 4 is 16.9 Å².